The molecule has 2 N–H and O–H groups in total. The fourth-order valence-electron chi connectivity index (χ4n) is 2.05. The fraction of sp³-hybridized carbons (Fsp3) is 0.235. The lowest BCUT2D eigenvalue weighted by molar-refractivity contribution is -0.114. The quantitative estimate of drug-likeness (QED) is 0.857. The van der Waals surface area contributed by atoms with E-state index >= 15 is 0 Å². The molecule has 0 atom stereocenters. The van der Waals surface area contributed by atoms with Crippen molar-refractivity contribution in [2.24, 2.45) is 0 Å². The van der Waals surface area contributed by atoms with E-state index in [1.165, 1.54) is 0 Å². The fourth-order valence-corrected chi connectivity index (χ4v) is 2.05. The molecule has 0 spiro atoms. The van der Waals surface area contributed by atoms with Crippen LogP contribution in [0.1, 0.15) is 5.56 Å². The van der Waals surface area contributed by atoms with Crippen LogP contribution in [0.3, 0.4) is 0 Å². The van der Waals surface area contributed by atoms with Crippen LogP contribution in [0.15, 0.2) is 54.6 Å². The second-order valence-corrected chi connectivity index (χ2v) is 5.16. The lowest BCUT2D eigenvalue weighted by atomic mass is 10.1. The van der Waals surface area contributed by atoms with Crippen molar-refractivity contribution in [2.75, 3.05) is 31.3 Å². The molecule has 0 heterocycles. The summed E-state index contributed by atoms with van der Waals surface area (Å²) < 4.78 is 0. The first-order valence-electron chi connectivity index (χ1n) is 6.96. The molecule has 4 nitrogen and oxygen atoms in total. The van der Waals surface area contributed by atoms with Crippen molar-refractivity contribution in [3.05, 3.63) is 60.2 Å². The molecule has 0 unspecified atom stereocenters. The summed E-state index contributed by atoms with van der Waals surface area (Å²) in [4.78, 5) is 14.1. The average Bonchev–Trinajstić information content (AvgIpc) is 2.48. The number of hydrogen-bond donors (Lipinski definition) is 2. The summed E-state index contributed by atoms with van der Waals surface area (Å²) in [5, 5.41) is 6.06. The normalized spacial score (nSPS) is 10.4. The number of hydrogen-bond acceptors (Lipinski definition) is 3. The van der Waals surface area contributed by atoms with Gasteiger partial charge in [-0.1, -0.05) is 36.4 Å². The minimum atomic E-state index is -0.0509. The highest BCUT2D eigenvalue weighted by molar-refractivity contribution is 5.94. The van der Waals surface area contributed by atoms with Crippen LogP contribution in [0.25, 0.3) is 0 Å². The molecule has 21 heavy (non-hydrogen) atoms. The molecule has 0 saturated heterocycles. The molecule has 2 rings (SSSR count). The number of amides is 1. The van der Waals surface area contributed by atoms with Gasteiger partial charge in [-0.15, -0.1) is 0 Å². The summed E-state index contributed by atoms with van der Waals surface area (Å²) in [7, 11) is 4.02. The summed E-state index contributed by atoms with van der Waals surface area (Å²) >= 11 is 0. The molecule has 0 aliphatic rings. The van der Waals surface area contributed by atoms with Gasteiger partial charge in [-0.2, -0.15) is 0 Å². The molecule has 1 amide bonds. The first-order valence-corrected chi connectivity index (χ1v) is 6.96. The van der Waals surface area contributed by atoms with Crippen LogP contribution in [0, 0.1) is 0 Å². The van der Waals surface area contributed by atoms with Gasteiger partial charge < -0.3 is 15.5 Å². The molecule has 0 aromatic heterocycles. The Kier molecular flexibility index (Phi) is 5.35. The molecule has 0 saturated carbocycles. The van der Waals surface area contributed by atoms with Crippen molar-refractivity contribution in [3.63, 3.8) is 0 Å². The van der Waals surface area contributed by atoms with Crippen LogP contribution in [-0.2, 0) is 11.3 Å². The van der Waals surface area contributed by atoms with E-state index in [9.17, 15) is 4.79 Å². The van der Waals surface area contributed by atoms with Gasteiger partial charge in [0.1, 0.15) is 0 Å². The van der Waals surface area contributed by atoms with Gasteiger partial charge in [0, 0.05) is 17.9 Å². The SMILES string of the molecule is CN(C)Cc1ccccc1NC(=O)CNc1ccccc1. The molecule has 4 heteroatoms. The highest BCUT2D eigenvalue weighted by Crippen LogP contribution is 2.16. The molecule has 0 fully saturated rings. The summed E-state index contributed by atoms with van der Waals surface area (Å²) in [6.07, 6.45) is 0. The third-order valence-electron chi connectivity index (χ3n) is 3.00. The van der Waals surface area contributed by atoms with E-state index in [0.29, 0.717) is 0 Å². The van der Waals surface area contributed by atoms with Crippen molar-refractivity contribution in [2.45, 2.75) is 6.54 Å². The smallest absolute Gasteiger partial charge is 0.243 e. The van der Waals surface area contributed by atoms with E-state index in [4.69, 9.17) is 0 Å². The van der Waals surface area contributed by atoms with E-state index < -0.39 is 0 Å². The highest BCUT2D eigenvalue weighted by Gasteiger charge is 2.07. The number of para-hydroxylation sites is 2. The van der Waals surface area contributed by atoms with Gasteiger partial charge >= 0.3 is 0 Å². The van der Waals surface area contributed by atoms with Crippen LogP contribution in [-0.4, -0.2) is 31.4 Å². The summed E-state index contributed by atoms with van der Waals surface area (Å²) in [5.41, 5.74) is 2.91. The maximum atomic E-state index is 12.0. The Morgan fingerprint density at radius 1 is 1.00 bits per heavy atom. The minimum Gasteiger partial charge on any atom is -0.376 e. The highest BCUT2D eigenvalue weighted by atomic mass is 16.1. The van der Waals surface area contributed by atoms with Crippen LogP contribution in [0.2, 0.25) is 0 Å². The van der Waals surface area contributed by atoms with Crippen molar-refractivity contribution < 1.29 is 4.79 Å². The molecular formula is C17H21N3O. The number of carbonyl (C=O) groups is 1. The number of carbonyl (C=O) groups excluding carboxylic acids is 1. The molecule has 0 bridgehead atoms. The molecule has 0 aliphatic heterocycles. The first kappa shape index (κ1) is 15.1. The first-order chi connectivity index (χ1) is 10.1. The van der Waals surface area contributed by atoms with E-state index in [2.05, 4.69) is 15.5 Å². The van der Waals surface area contributed by atoms with E-state index in [0.717, 1.165) is 23.5 Å². The molecule has 2 aromatic rings. The van der Waals surface area contributed by atoms with Gasteiger partial charge in [0.2, 0.25) is 5.91 Å². The van der Waals surface area contributed by atoms with Crippen LogP contribution < -0.4 is 10.6 Å². The topological polar surface area (TPSA) is 44.4 Å². The predicted octanol–water partition coefficient (Wildman–Crippen LogP) is 2.80. The molecular weight excluding hydrogens is 262 g/mol. The standard InChI is InChI=1S/C17H21N3O/c1-20(2)13-14-8-6-7-11-16(14)19-17(21)12-18-15-9-4-3-5-10-15/h3-11,18H,12-13H2,1-2H3,(H,19,21). The second-order valence-electron chi connectivity index (χ2n) is 5.16. The van der Waals surface area contributed by atoms with Crippen molar-refractivity contribution >= 4 is 17.3 Å². The van der Waals surface area contributed by atoms with Crippen LogP contribution in [0.4, 0.5) is 11.4 Å². The van der Waals surface area contributed by atoms with Crippen molar-refractivity contribution in [3.8, 4) is 0 Å². The minimum absolute atomic E-state index is 0.0509. The van der Waals surface area contributed by atoms with Crippen LogP contribution in [0.5, 0.6) is 0 Å². The zero-order valence-corrected chi connectivity index (χ0v) is 12.5. The number of rotatable bonds is 6. The largest absolute Gasteiger partial charge is 0.376 e. The Balaban J connectivity index is 1.93. The Morgan fingerprint density at radius 2 is 1.67 bits per heavy atom. The second kappa shape index (κ2) is 7.45. The van der Waals surface area contributed by atoms with Crippen LogP contribution >= 0.6 is 0 Å². The van der Waals surface area contributed by atoms with Gasteiger partial charge in [0.05, 0.1) is 6.54 Å². The third-order valence-corrected chi connectivity index (χ3v) is 3.00. The summed E-state index contributed by atoms with van der Waals surface area (Å²) in [5.74, 6) is -0.0509. The average molecular weight is 283 g/mol. The lowest BCUT2D eigenvalue weighted by Gasteiger charge is -2.15. The summed E-state index contributed by atoms with van der Waals surface area (Å²) in [6.45, 7) is 1.04. The monoisotopic (exact) mass is 283 g/mol. The zero-order chi connectivity index (χ0) is 15.1. The Bertz CT molecular complexity index is 582. The molecule has 2 aromatic carbocycles. The molecule has 0 aliphatic carbocycles. The van der Waals surface area contributed by atoms with E-state index in [1.807, 2.05) is 68.7 Å². The van der Waals surface area contributed by atoms with Gasteiger partial charge in [-0.3, -0.25) is 4.79 Å². The number of benzene rings is 2. The number of nitrogens with zero attached hydrogens (tertiary/aromatic N) is 1. The van der Waals surface area contributed by atoms with Crippen molar-refractivity contribution in [1.29, 1.82) is 0 Å². The van der Waals surface area contributed by atoms with Crippen molar-refractivity contribution in [1.82, 2.24) is 4.90 Å². The predicted molar refractivity (Wildman–Crippen MR) is 87.4 cm³/mol. The van der Waals surface area contributed by atoms with Gasteiger partial charge in [-0.25, -0.2) is 0 Å². The van der Waals surface area contributed by atoms with E-state index in [-0.39, 0.29) is 12.5 Å². The van der Waals surface area contributed by atoms with Gasteiger partial charge in [0.15, 0.2) is 0 Å². The molecule has 0 radical (unpaired) electrons. The van der Waals surface area contributed by atoms with Gasteiger partial charge in [0.25, 0.3) is 0 Å². The Morgan fingerprint density at radius 3 is 2.38 bits per heavy atom. The number of nitrogens with one attached hydrogen (secondary N) is 2. The summed E-state index contributed by atoms with van der Waals surface area (Å²) in [6, 6.07) is 17.6. The Hall–Kier alpha value is -2.33. The Labute approximate surface area is 125 Å². The van der Waals surface area contributed by atoms with Gasteiger partial charge in [-0.05, 0) is 37.9 Å². The third kappa shape index (κ3) is 4.93. The maximum absolute atomic E-state index is 12.0. The lowest BCUT2D eigenvalue weighted by Crippen LogP contribution is -2.23. The number of anilines is 2. The maximum Gasteiger partial charge on any atom is 0.243 e. The molecule has 110 valence electrons. The zero-order valence-electron chi connectivity index (χ0n) is 12.5. The van der Waals surface area contributed by atoms with E-state index in [1.54, 1.807) is 0 Å².